The van der Waals surface area contributed by atoms with E-state index in [0.29, 0.717) is 21.1 Å². The van der Waals surface area contributed by atoms with Gasteiger partial charge in [-0.2, -0.15) is 0 Å². The van der Waals surface area contributed by atoms with Gasteiger partial charge in [-0.25, -0.2) is 4.98 Å². The van der Waals surface area contributed by atoms with Crippen molar-refractivity contribution in [2.24, 2.45) is 0 Å². The number of thiazole rings is 1. The molecular weight excluding hydrogens is 474 g/mol. The van der Waals surface area contributed by atoms with Crippen LogP contribution >= 0.6 is 22.7 Å². The second kappa shape index (κ2) is 8.47. The predicted octanol–water partition coefficient (Wildman–Crippen LogP) is 5.61. The summed E-state index contributed by atoms with van der Waals surface area (Å²) in [4.78, 5) is 43.5. The van der Waals surface area contributed by atoms with Crippen LogP contribution in [0.25, 0.3) is 10.2 Å². The number of fused-ring (bicyclic) bond motifs is 1. The molecule has 8 nitrogen and oxygen atoms in total. The third-order valence-electron chi connectivity index (χ3n) is 5.67. The lowest BCUT2D eigenvalue weighted by molar-refractivity contribution is -0.384. The van der Waals surface area contributed by atoms with Crippen molar-refractivity contribution in [3.63, 3.8) is 0 Å². The Morgan fingerprint density at radius 1 is 1.21 bits per heavy atom. The lowest BCUT2D eigenvalue weighted by Crippen LogP contribution is -2.30. The molecule has 1 aliphatic rings. The molecule has 1 unspecified atom stereocenters. The maximum atomic E-state index is 13.3. The van der Waals surface area contributed by atoms with Gasteiger partial charge in [0.25, 0.3) is 11.6 Å². The molecule has 4 aromatic rings. The van der Waals surface area contributed by atoms with E-state index >= 15 is 0 Å². The topological polar surface area (TPSA) is 114 Å². The molecule has 5 rings (SSSR count). The number of hydrogen-bond acceptors (Lipinski definition) is 8. The number of Topliss-reactive ketones (excluding diaryl/α,β-unsaturated/α-hetero) is 1. The summed E-state index contributed by atoms with van der Waals surface area (Å²) < 4.78 is 0.877. The van der Waals surface area contributed by atoms with Crippen molar-refractivity contribution >= 4 is 55.4 Å². The van der Waals surface area contributed by atoms with Crippen LogP contribution in [0.15, 0.2) is 71.3 Å². The summed E-state index contributed by atoms with van der Waals surface area (Å²) in [5.41, 5.74) is 2.08. The first kappa shape index (κ1) is 21.9. The lowest BCUT2D eigenvalue weighted by Gasteiger charge is -2.24. The monoisotopic (exact) mass is 491 g/mol. The fraction of sp³-hybridized carbons (Fsp3) is 0.125. The Kier molecular flexibility index (Phi) is 5.46. The summed E-state index contributed by atoms with van der Waals surface area (Å²) in [6.07, 6.45) is 0.846. The summed E-state index contributed by atoms with van der Waals surface area (Å²) >= 11 is 2.49. The van der Waals surface area contributed by atoms with E-state index in [0.717, 1.165) is 16.7 Å². The minimum atomic E-state index is -0.978. The number of nitro benzene ring substituents is 1. The molecule has 0 spiro atoms. The first-order chi connectivity index (χ1) is 16.4. The smallest absolute Gasteiger partial charge is 0.296 e. The van der Waals surface area contributed by atoms with Crippen LogP contribution in [-0.4, -0.2) is 26.7 Å². The Bertz CT molecular complexity index is 1470. The fourth-order valence-electron chi connectivity index (χ4n) is 3.95. The summed E-state index contributed by atoms with van der Waals surface area (Å²) in [5, 5.41) is 24.0. The van der Waals surface area contributed by atoms with E-state index in [4.69, 9.17) is 0 Å². The zero-order valence-electron chi connectivity index (χ0n) is 17.8. The van der Waals surface area contributed by atoms with Gasteiger partial charge < -0.3 is 5.11 Å². The van der Waals surface area contributed by atoms with Crippen LogP contribution in [0.2, 0.25) is 0 Å². The molecule has 1 atom stereocenters. The molecule has 170 valence electrons. The quantitative estimate of drug-likeness (QED) is 0.213. The summed E-state index contributed by atoms with van der Waals surface area (Å²) in [6, 6.07) is 13.8. The highest BCUT2D eigenvalue weighted by molar-refractivity contribution is 7.22. The number of nitro groups is 1. The van der Waals surface area contributed by atoms with Crippen molar-refractivity contribution < 1.29 is 19.6 Å². The van der Waals surface area contributed by atoms with Crippen LogP contribution in [0.4, 0.5) is 10.8 Å². The van der Waals surface area contributed by atoms with Crippen LogP contribution < -0.4 is 4.90 Å². The van der Waals surface area contributed by atoms with Gasteiger partial charge in [-0.3, -0.25) is 24.6 Å². The highest BCUT2D eigenvalue weighted by Crippen LogP contribution is 2.44. The number of benzene rings is 2. The number of anilines is 1. The van der Waals surface area contributed by atoms with Crippen LogP contribution in [0.5, 0.6) is 0 Å². The molecule has 0 fully saturated rings. The number of rotatable bonds is 6. The number of non-ortho nitro benzene ring substituents is 1. The third kappa shape index (κ3) is 3.57. The average Bonchev–Trinajstić information content (AvgIpc) is 3.57. The number of aryl methyl sites for hydroxylation is 1. The SMILES string of the molecule is CCc1ccc2nc(N3C(=O)C(O)=C(C(=O)c4cccs4)C3c3ccc([N+](=O)[O-])cc3)sc2c1. The number of aliphatic hydroxyl groups is 1. The zero-order valence-corrected chi connectivity index (χ0v) is 19.4. The highest BCUT2D eigenvalue weighted by Gasteiger charge is 2.46. The number of carbonyl (C=O) groups excluding carboxylic acids is 2. The van der Waals surface area contributed by atoms with E-state index in [-0.39, 0.29) is 11.3 Å². The first-order valence-corrected chi connectivity index (χ1v) is 12.1. The van der Waals surface area contributed by atoms with Crippen LogP contribution in [-0.2, 0) is 11.2 Å². The molecule has 0 saturated carbocycles. The van der Waals surface area contributed by atoms with Crippen LogP contribution in [0, 0.1) is 10.1 Å². The molecule has 0 saturated heterocycles. The van der Waals surface area contributed by atoms with E-state index in [2.05, 4.69) is 4.98 Å². The molecule has 1 aliphatic heterocycles. The van der Waals surface area contributed by atoms with Gasteiger partial charge in [0.2, 0.25) is 5.78 Å². The molecule has 3 heterocycles. The Balaban J connectivity index is 1.66. The molecule has 0 radical (unpaired) electrons. The molecule has 0 aliphatic carbocycles. The van der Waals surface area contributed by atoms with Gasteiger partial charge in [0.1, 0.15) is 0 Å². The van der Waals surface area contributed by atoms with Gasteiger partial charge in [-0.1, -0.05) is 30.4 Å². The van der Waals surface area contributed by atoms with Gasteiger partial charge >= 0.3 is 0 Å². The van der Waals surface area contributed by atoms with E-state index in [1.807, 2.05) is 25.1 Å². The van der Waals surface area contributed by atoms with Gasteiger partial charge in [0.05, 0.1) is 31.6 Å². The molecule has 2 aromatic carbocycles. The second-order valence-corrected chi connectivity index (χ2v) is 9.60. The van der Waals surface area contributed by atoms with Crippen LogP contribution in [0.3, 0.4) is 0 Å². The van der Waals surface area contributed by atoms with Crippen molar-refractivity contribution in [1.82, 2.24) is 4.98 Å². The largest absolute Gasteiger partial charge is 0.503 e. The Morgan fingerprint density at radius 3 is 2.62 bits per heavy atom. The van der Waals surface area contributed by atoms with Crippen LogP contribution in [0.1, 0.15) is 33.8 Å². The normalized spacial score (nSPS) is 16.0. The molecular formula is C24H17N3O5S2. The summed E-state index contributed by atoms with van der Waals surface area (Å²) in [5.74, 6) is -1.85. The Labute approximate surface area is 201 Å². The number of ketones is 1. The maximum absolute atomic E-state index is 13.3. The molecule has 0 bridgehead atoms. The average molecular weight is 492 g/mol. The molecule has 10 heteroatoms. The highest BCUT2D eigenvalue weighted by atomic mass is 32.1. The summed E-state index contributed by atoms with van der Waals surface area (Å²) in [6.45, 7) is 2.04. The van der Waals surface area contributed by atoms with E-state index in [9.17, 15) is 24.8 Å². The molecule has 34 heavy (non-hydrogen) atoms. The molecule has 2 aromatic heterocycles. The second-order valence-electron chi connectivity index (χ2n) is 7.65. The lowest BCUT2D eigenvalue weighted by atomic mass is 9.95. The number of hydrogen-bond donors (Lipinski definition) is 1. The van der Waals surface area contributed by atoms with E-state index in [1.54, 1.807) is 17.5 Å². The first-order valence-electron chi connectivity index (χ1n) is 10.4. The number of aliphatic hydroxyl groups excluding tert-OH is 1. The minimum absolute atomic E-state index is 0.0743. The minimum Gasteiger partial charge on any atom is -0.503 e. The zero-order chi connectivity index (χ0) is 24.0. The predicted molar refractivity (Wildman–Crippen MR) is 131 cm³/mol. The van der Waals surface area contributed by atoms with Gasteiger partial charge in [0.15, 0.2) is 10.9 Å². The Morgan fingerprint density at radius 2 is 1.97 bits per heavy atom. The van der Waals surface area contributed by atoms with E-state index < -0.39 is 28.4 Å². The maximum Gasteiger partial charge on any atom is 0.296 e. The number of amides is 1. The molecule has 1 amide bonds. The van der Waals surface area contributed by atoms with Gasteiger partial charge in [-0.05, 0) is 53.3 Å². The summed E-state index contributed by atoms with van der Waals surface area (Å²) in [7, 11) is 0. The van der Waals surface area contributed by atoms with Crippen molar-refractivity contribution in [2.75, 3.05) is 4.90 Å². The van der Waals surface area contributed by atoms with Crippen molar-refractivity contribution in [3.05, 3.63) is 97.4 Å². The van der Waals surface area contributed by atoms with Gasteiger partial charge in [0, 0.05) is 12.1 Å². The number of thiophene rings is 1. The van der Waals surface area contributed by atoms with E-state index in [1.165, 1.54) is 51.8 Å². The molecule has 1 N–H and O–H groups in total. The fourth-order valence-corrected chi connectivity index (χ4v) is 5.68. The van der Waals surface area contributed by atoms with Gasteiger partial charge in [-0.15, -0.1) is 11.3 Å². The van der Waals surface area contributed by atoms with Crippen molar-refractivity contribution in [1.29, 1.82) is 0 Å². The number of nitrogens with zero attached hydrogens (tertiary/aromatic N) is 3. The third-order valence-corrected chi connectivity index (χ3v) is 7.56. The Hall–Kier alpha value is -3.89. The van der Waals surface area contributed by atoms with Crippen molar-refractivity contribution in [3.8, 4) is 0 Å². The van der Waals surface area contributed by atoms with Crippen molar-refractivity contribution in [2.45, 2.75) is 19.4 Å². The standard InChI is InChI=1S/C24H17N3O5S2/c1-2-13-5-10-16-18(12-13)34-24(25-16)26-20(14-6-8-15(9-7-14)27(31)32)19(22(29)23(26)30)21(28)17-4-3-11-33-17/h3-12,20,29H,2H2,1H3. The number of carbonyl (C=O) groups is 2. The number of aromatic nitrogens is 1.